The third kappa shape index (κ3) is 4.88. The summed E-state index contributed by atoms with van der Waals surface area (Å²) in [5.41, 5.74) is 5.30. The molecule has 6 nitrogen and oxygen atoms in total. The van der Waals surface area contributed by atoms with Crippen LogP contribution in [0.5, 0.6) is 0 Å². The molecule has 0 atom stereocenters. The standard InChI is InChI=1S/C26H29N5OS/c1-19-9-7-10-20(17-19)18-31-22-12-4-3-11-21(22)24-25(31)27-26(29-28-24)33-16-8-13-23(32)30-14-5-2-6-15-30/h3-4,7,9-12,17H,2,5-6,8,13-16,18H2,1H3. The third-order valence-electron chi connectivity index (χ3n) is 6.25. The quantitative estimate of drug-likeness (QED) is 0.280. The predicted molar refractivity (Wildman–Crippen MR) is 133 cm³/mol. The summed E-state index contributed by atoms with van der Waals surface area (Å²) in [4.78, 5) is 19.3. The molecule has 3 heterocycles. The fourth-order valence-corrected chi connectivity index (χ4v) is 5.31. The number of hydrogen-bond donors (Lipinski definition) is 0. The van der Waals surface area contributed by atoms with E-state index in [0.29, 0.717) is 11.6 Å². The van der Waals surface area contributed by atoms with Gasteiger partial charge in [0.1, 0.15) is 5.52 Å². The smallest absolute Gasteiger partial charge is 0.222 e. The molecule has 5 rings (SSSR count). The predicted octanol–water partition coefficient (Wildman–Crippen LogP) is 5.22. The Bertz CT molecular complexity index is 1280. The van der Waals surface area contributed by atoms with Crippen LogP contribution in [0.2, 0.25) is 0 Å². The van der Waals surface area contributed by atoms with Gasteiger partial charge in [-0.2, -0.15) is 0 Å². The number of aryl methyl sites for hydroxylation is 1. The van der Waals surface area contributed by atoms with Crippen molar-refractivity contribution in [3.63, 3.8) is 0 Å². The zero-order valence-corrected chi connectivity index (χ0v) is 19.9. The summed E-state index contributed by atoms with van der Waals surface area (Å²) in [6, 6.07) is 16.9. The van der Waals surface area contributed by atoms with Crippen LogP contribution in [0.25, 0.3) is 22.1 Å². The first-order valence-electron chi connectivity index (χ1n) is 11.8. The first-order valence-corrected chi connectivity index (χ1v) is 12.8. The number of carbonyl (C=O) groups is 1. The van der Waals surface area contributed by atoms with Crippen LogP contribution in [0.3, 0.4) is 0 Å². The van der Waals surface area contributed by atoms with Gasteiger partial charge in [-0.05, 0) is 44.2 Å². The highest BCUT2D eigenvalue weighted by Gasteiger charge is 2.17. The number of nitrogens with zero attached hydrogens (tertiary/aromatic N) is 5. The average Bonchev–Trinajstić information content (AvgIpc) is 3.15. The van der Waals surface area contributed by atoms with Crippen LogP contribution in [-0.2, 0) is 11.3 Å². The minimum atomic E-state index is 0.281. The number of rotatable bonds is 7. The van der Waals surface area contributed by atoms with Crippen LogP contribution in [0, 0.1) is 6.92 Å². The van der Waals surface area contributed by atoms with Crippen molar-refractivity contribution in [2.24, 2.45) is 0 Å². The van der Waals surface area contributed by atoms with Crippen molar-refractivity contribution in [3.8, 4) is 0 Å². The van der Waals surface area contributed by atoms with Gasteiger partial charge in [-0.25, -0.2) is 4.98 Å². The number of thioether (sulfide) groups is 1. The molecule has 7 heteroatoms. The molecule has 1 aliphatic rings. The van der Waals surface area contributed by atoms with Crippen molar-refractivity contribution in [1.29, 1.82) is 0 Å². The first-order chi connectivity index (χ1) is 16.2. The Balaban J connectivity index is 1.33. The molecule has 33 heavy (non-hydrogen) atoms. The monoisotopic (exact) mass is 459 g/mol. The molecular formula is C26H29N5OS. The lowest BCUT2D eigenvalue weighted by Gasteiger charge is -2.26. The van der Waals surface area contributed by atoms with Gasteiger partial charge in [0.05, 0.1) is 5.52 Å². The minimum absolute atomic E-state index is 0.281. The molecule has 170 valence electrons. The second-order valence-electron chi connectivity index (χ2n) is 8.75. The van der Waals surface area contributed by atoms with E-state index in [2.05, 4.69) is 64.2 Å². The number of amides is 1. The number of para-hydroxylation sites is 1. The number of carbonyl (C=O) groups excluding carboxylic acids is 1. The van der Waals surface area contributed by atoms with E-state index in [4.69, 9.17) is 4.98 Å². The molecule has 1 aliphatic heterocycles. The van der Waals surface area contributed by atoms with Gasteiger partial charge in [0.2, 0.25) is 11.1 Å². The zero-order chi connectivity index (χ0) is 22.6. The van der Waals surface area contributed by atoms with Gasteiger partial charge in [-0.15, -0.1) is 10.2 Å². The lowest BCUT2D eigenvalue weighted by molar-refractivity contribution is -0.132. The summed E-state index contributed by atoms with van der Waals surface area (Å²) < 4.78 is 2.23. The maximum atomic E-state index is 12.4. The van der Waals surface area contributed by atoms with Crippen LogP contribution in [0.15, 0.2) is 53.7 Å². The Labute approximate surface area is 198 Å². The fourth-order valence-electron chi connectivity index (χ4n) is 4.59. The highest BCUT2D eigenvalue weighted by Crippen LogP contribution is 2.28. The Morgan fingerprint density at radius 1 is 1.03 bits per heavy atom. The number of benzene rings is 2. The van der Waals surface area contributed by atoms with E-state index < -0.39 is 0 Å². The molecule has 0 aliphatic carbocycles. The van der Waals surface area contributed by atoms with Gasteiger partial charge < -0.3 is 9.47 Å². The molecule has 4 aromatic rings. The maximum absolute atomic E-state index is 12.4. The van der Waals surface area contributed by atoms with E-state index in [0.717, 1.165) is 66.7 Å². The second-order valence-corrected chi connectivity index (χ2v) is 9.81. The Kier molecular flexibility index (Phi) is 6.58. The molecule has 0 saturated carbocycles. The van der Waals surface area contributed by atoms with Crippen molar-refractivity contribution >= 4 is 39.7 Å². The van der Waals surface area contributed by atoms with Crippen molar-refractivity contribution in [2.45, 2.75) is 50.7 Å². The van der Waals surface area contributed by atoms with Gasteiger partial charge in [-0.3, -0.25) is 4.79 Å². The van der Waals surface area contributed by atoms with Crippen molar-refractivity contribution in [1.82, 2.24) is 24.6 Å². The maximum Gasteiger partial charge on any atom is 0.222 e. The third-order valence-corrected chi connectivity index (χ3v) is 7.18. The Morgan fingerprint density at radius 3 is 2.73 bits per heavy atom. The molecule has 0 spiro atoms. The van der Waals surface area contributed by atoms with Gasteiger partial charge in [0.15, 0.2) is 5.65 Å². The summed E-state index contributed by atoms with van der Waals surface area (Å²) in [7, 11) is 0. The first kappa shape index (κ1) is 21.9. The summed E-state index contributed by atoms with van der Waals surface area (Å²) in [6.07, 6.45) is 4.93. The SMILES string of the molecule is Cc1cccc(Cn2c3ccccc3c3nnc(SCCCC(=O)N4CCCCC4)nc32)c1. The topological polar surface area (TPSA) is 63.9 Å². The second kappa shape index (κ2) is 9.91. The number of aromatic nitrogens is 4. The van der Waals surface area contributed by atoms with Gasteiger partial charge >= 0.3 is 0 Å². The Hall–Kier alpha value is -2.93. The van der Waals surface area contributed by atoms with E-state index in [-0.39, 0.29) is 5.91 Å². The zero-order valence-electron chi connectivity index (χ0n) is 19.0. The molecule has 0 radical (unpaired) electrons. The average molecular weight is 460 g/mol. The lowest BCUT2D eigenvalue weighted by atomic mass is 10.1. The largest absolute Gasteiger partial charge is 0.343 e. The van der Waals surface area contributed by atoms with Crippen LogP contribution in [-0.4, -0.2) is 49.4 Å². The minimum Gasteiger partial charge on any atom is -0.343 e. The van der Waals surface area contributed by atoms with Crippen molar-refractivity contribution in [3.05, 3.63) is 59.7 Å². The molecule has 1 amide bonds. The number of fused-ring (bicyclic) bond motifs is 3. The Morgan fingerprint density at radius 2 is 1.88 bits per heavy atom. The molecule has 0 bridgehead atoms. The van der Waals surface area contributed by atoms with Gasteiger partial charge in [0, 0.05) is 37.2 Å². The molecule has 1 fully saturated rings. The van der Waals surface area contributed by atoms with E-state index >= 15 is 0 Å². The highest BCUT2D eigenvalue weighted by molar-refractivity contribution is 7.99. The lowest BCUT2D eigenvalue weighted by Crippen LogP contribution is -2.35. The summed E-state index contributed by atoms with van der Waals surface area (Å²) in [5, 5.41) is 10.7. The normalized spacial score (nSPS) is 14.3. The van der Waals surface area contributed by atoms with Crippen molar-refractivity contribution in [2.75, 3.05) is 18.8 Å². The molecule has 1 saturated heterocycles. The van der Waals surface area contributed by atoms with Crippen LogP contribution in [0.1, 0.15) is 43.2 Å². The van der Waals surface area contributed by atoms with E-state index in [1.165, 1.54) is 17.5 Å². The van der Waals surface area contributed by atoms with Crippen LogP contribution < -0.4 is 0 Å². The van der Waals surface area contributed by atoms with Crippen LogP contribution >= 0.6 is 11.8 Å². The van der Waals surface area contributed by atoms with Gasteiger partial charge in [0.25, 0.3) is 0 Å². The molecule has 0 N–H and O–H groups in total. The fraction of sp³-hybridized carbons (Fsp3) is 0.385. The number of hydrogen-bond acceptors (Lipinski definition) is 5. The molecule has 2 aromatic carbocycles. The highest BCUT2D eigenvalue weighted by atomic mass is 32.2. The summed E-state index contributed by atoms with van der Waals surface area (Å²) in [6.45, 7) is 4.69. The molecule has 2 aromatic heterocycles. The van der Waals surface area contributed by atoms with E-state index in [1.807, 2.05) is 11.0 Å². The van der Waals surface area contributed by atoms with Gasteiger partial charge in [-0.1, -0.05) is 59.8 Å². The van der Waals surface area contributed by atoms with E-state index in [9.17, 15) is 4.79 Å². The van der Waals surface area contributed by atoms with Crippen LogP contribution in [0.4, 0.5) is 0 Å². The summed E-state index contributed by atoms with van der Waals surface area (Å²) in [5.74, 6) is 1.09. The van der Waals surface area contributed by atoms with E-state index in [1.54, 1.807) is 11.8 Å². The molecule has 0 unspecified atom stereocenters. The van der Waals surface area contributed by atoms with Crippen molar-refractivity contribution < 1.29 is 4.79 Å². The number of likely N-dealkylation sites (tertiary alicyclic amines) is 1. The summed E-state index contributed by atoms with van der Waals surface area (Å²) >= 11 is 1.58. The number of piperidine rings is 1. The molecular weight excluding hydrogens is 430 g/mol.